The minimum Gasteiger partial charge on any atom is -0.465 e. The number of furan rings is 1. The van der Waals surface area contributed by atoms with Crippen molar-refractivity contribution in [1.29, 1.82) is 0 Å². The average Bonchev–Trinajstić information content (AvgIpc) is 3.54. The van der Waals surface area contributed by atoms with E-state index in [1.165, 1.54) is 76.2 Å². The van der Waals surface area contributed by atoms with Crippen LogP contribution in [0.15, 0.2) is 35.0 Å². The third-order valence-corrected chi connectivity index (χ3v) is 11.9. The molecule has 42 heavy (non-hydrogen) atoms. The zero-order valence-corrected chi connectivity index (χ0v) is 26.7. The highest BCUT2D eigenvalue weighted by molar-refractivity contribution is 5.69. The van der Waals surface area contributed by atoms with Gasteiger partial charge in [-0.2, -0.15) is 0 Å². The molecule has 0 unspecified atom stereocenters. The molecular formula is C38H58O4. The molecule has 234 valence electrons. The van der Waals surface area contributed by atoms with E-state index in [-0.39, 0.29) is 29.3 Å². The molecule has 0 radical (unpaired) electrons. The van der Waals surface area contributed by atoms with Gasteiger partial charge in [0.15, 0.2) is 0 Å². The molecule has 4 aliphatic carbocycles. The summed E-state index contributed by atoms with van der Waals surface area (Å²) in [6.07, 6.45) is 34.2. The Morgan fingerprint density at radius 2 is 1.71 bits per heavy atom. The monoisotopic (exact) mass is 578 g/mol. The van der Waals surface area contributed by atoms with Crippen LogP contribution in [0.5, 0.6) is 0 Å². The van der Waals surface area contributed by atoms with E-state index in [0.717, 1.165) is 57.1 Å². The van der Waals surface area contributed by atoms with Crippen LogP contribution in [-0.2, 0) is 9.53 Å². The second kappa shape index (κ2) is 14.3. The summed E-state index contributed by atoms with van der Waals surface area (Å²) in [7, 11) is 0. The first-order valence-electron chi connectivity index (χ1n) is 17.7. The largest absolute Gasteiger partial charge is 0.465 e. The first kappa shape index (κ1) is 31.6. The van der Waals surface area contributed by atoms with Crippen molar-refractivity contribution in [3.05, 3.63) is 41.9 Å². The van der Waals surface area contributed by atoms with Gasteiger partial charge < -0.3 is 14.3 Å². The molecule has 1 aromatic heterocycles. The molecule has 4 heteroatoms. The number of esters is 1. The van der Waals surface area contributed by atoms with E-state index < -0.39 is 5.60 Å². The van der Waals surface area contributed by atoms with Crippen molar-refractivity contribution < 1.29 is 19.1 Å². The van der Waals surface area contributed by atoms with Gasteiger partial charge in [-0.3, -0.25) is 4.79 Å². The summed E-state index contributed by atoms with van der Waals surface area (Å²) < 4.78 is 11.5. The fourth-order valence-corrected chi connectivity index (χ4v) is 9.66. The number of carbonyl (C=O) groups excluding carboxylic acids is 1. The fourth-order valence-electron chi connectivity index (χ4n) is 9.66. The second-order valence-electron chi connectivity index (χ2n) is 14.7. The number of aliphatic hydroxyl groups is 1. The van der Waals surface area contributed by atoms with Crippen LogP contribution in [0.3, 0.4) is 0 Å². The van der Waals surface area contributed by atoms with Crippen LogP contribution in [0.1, 0.15) is 160 Å². The zero-order chi connectivity index (χ0) is 29.5. The van der Waals surface area contributed by atoms with Crippen molar-refractivity contribution in [3.63, 3.8) is 0 Å². The Balaban J connectivity index is 0.966. The summed E-state index contributed by atoms with van der Waals surface area (Å²) in [4.78, 5) is 12.6. The molecule has 4 nitrogen and oxygen atoms in total. The predicted molar refractivity (Wildman–Crippen MR) is 171 cm³/mol. The number of hydrogen-bond acceptors (Lipinski definition) is 4. The van der Waals surface area contributed by atoms with Gasteiger partial charge in [0.2, 0.25) is 0 Å². The van der Waals surface area contributed by atoms with Crippen LogP contribution >= 0.6 is 0 Å². The number of ether oxygens (including phenoxy) is 1. The highest BCUT2D eigenvalue weighted by Crippen LogP contribution is 2.71. The highest BCUT2D eigenvalue weighted by Gasteiger charge is 2.65. The maximum atomic E-state index is 12.6. The molecular weight excluding hydrogens is 520 g/mol. The van der Waals surface area contributed by atoms with Crippen LogP contribution in [-0.4, -0.2) is 23.3 Å². The molecule has 0 aliphatic heterocycles. The zero-order valence-electron chi connectivity index (χ0n) is 26.7. The molecule has 3 fully saturated rings. The number of fused-ring (bicyclic) bond motifs is 5. The first-order chi connectivity index (χ1) is 20.4. The number of allylic oxidation sites excluding steroid dienone is 3. The number of unbranched alkanes of at least 4 members (excludes halogenated alkanes) is 11. The molecule has 4 aliphatic rings. The van der Waals surface area contributed by atoms with Crippen LogP contribution in [0.2, 0.25) is 0 Å². The molecule has 0 amide bonds. The summed E-state index contributed by atoms with van der Waals surface area (Å²) in [6, 6.07) is 2.17. The van der Waals surface area contributed by atoms with Crippen LogP contribution < -0.4 is 0 Å². The topological polar surface area (TPSA) is 59.7 Å². The third kappa shape index (κ3) is 6.95. The van der Waals surface area contributed by atoms with Crippen molar-refractivity contribution in [3.8, 4) is 0 Å². The van der Waals surface area contributed by atoms with Gasteiger partial charge in [-0.1, -0.05) is 83.4 Å². The third-order valence-electron chi connectivity index (χ3n) is 11.9. The van der Waals surface area contributed by atoms with Crippen LogP contribution in [0.25, 0.3) is 6.08 Å². The summed E-state index contributed by atoms with van der Waals surface area (Å²) in [5.41, 5.74) is 0.765. The molecule has 0 saturated heterocycles. The maximum Gasteiger partial charge on any atom is 0.305 e. The van der Waals surface area contributed by atoms with Gasteiger partial charge in [0.25, 0.3) is 0 Å². The van der Waals surface area contributed by atoms with Gasteiger partial charge in [-0.05, 0) is 111 Å². The lowest BCUT2D eigenvalue weighted by atomic mass is 9.46. The molecule has 3 saturated carbocycles. The standard InChI is InChI=1S/C38H58O4/c1-3-4-5-6-7-8-9-10-11-12-13-14-15-16-17-18-35(39)42-29-38(40)28-37-25-21-32-31-23-26-41-33(31)22-24-36(32,2)34(37)20-19-30(38)27-37/h10-11,22-24,26,30,32,34,40H,3-9,12-21,25,27-29H2,1-2H3/b11-10-/t30-,32-,34+,36-,37-,38+/m0/s1. The van der Waals surface area contributed by atoms with Crippen molar-refractivity contribution in [2.24, 2.45) is 22.7 Å². The lowest BCUT2D eigenvalue weighted by Crippen LogP contribution is -2.49. The van der Waals surface area contributed by atoms with E-state index >= 15 is 0 Å². The molecule has 1 spiro atoms. The summed E-state index contributed by atoms with van der Waals surface area (Å²) >= 11 is 0. The predicted octanol–water partition coefficient (Wildman–Crippen LogP) is 10.3. The van der Waals surface area contributed by atoms with E-state index in [9.17, 15) is 9.90 Å². The Labute approximate surface area is 255 Å². The fraction of sp³-hybridized carbons (Fsp3) is 0.763. The lowest BCUT2D eigenvalue weighted by molar-refractivity contribution is -0.154. The summed E-state index contributed by atoms with van der Waals surface area (Å²) in [6.45, 7) is 4.90. The van der Waals surface area contributed by atoms with Crippen molar-refractivity contribution in [2.75, 3.05) is 6.61 Å². The molecule has 2 bridgehead atoms. The van der Waals surface area contributed by atoms with Crippen molar-refractivity contribution >= 4 is 12.0 Å². The van der Waals surface area contributed by atoms with Crippen LogP contribution in [0.4, 0.5) is 0 Å². The van der Waals surface area contributed by atoms with E-state index in [1.807, 2.05) is 6.26 Å². The first-order valence-corrected chi connectivity index (χ1v) is 17.7. The summed E-state index contributed by atoms with van der Waals surface area (Å²) in [5, 5.41) is 11.8. The van der Waals surface area contributed by atoms with E-state index in [4.69, 9.17) is 9.15 Å². The molecule has 1 aromatic rings. The quantitative estimate of drug-likeness (QED) is 0.113. The number of carbonyl (C=O) groups is 1. The van der Waals surface area contributed by atoms with Crippen molar-refractivity contribution in [1.82, 2.24) is 0 Å². The normalized spacial score (nSPS) is 33.0. The Morgan fingerprint density at radius 1 is 1.00 bits per heavy atom. The Kier molecular flexibility index (Phi) is 10.8. The Morgan fingerprint density at radius 3 is 2.48 bits per heavy atom. The van der Waals surface area contributed by atoms with E-state index in [1.54, 1.807) is 0 Å². The molecule has 1 N–H and O–H groups in total. The van der Waals surface area contributed by atoms with Crippen LogP contribution in [0, 0.1) is 22.7 Å². The minimum absolute atomic E-state index is 0.103. The Hall–Kier alpha value is -1.81. The van der Waals surface area contributed by atoms with E-state index in [2.05, 4.69) is 44.2 Å². The molecule has 1 heterocycles. The van der Waals surface area contributed by atoms with Gasteiger partial charge in [0, 0.05) is 12.0 Å². The SMILES string of the molecule is CCCCCCCC/C=C\CCCCCCCC(=O)OC[C@]1(O)C[C@@]23CC[C@H]4c5ccoc5C=C[C@]4(C)[C@H]2CC[C@H]1C3. The van der Waals surface area contributed by atoms with Gasteiger partial charge in [0.1, 0.15) is 18.0 Å². The average molecular weight is 579 g/mol. The summed E-state index contributed by atoms with van der Waals surface area (Å²) in [5.74, 6) is 2.21. The second-order valence-corrected chi connectivity index (χ2v) is 14.7. The molecule has 5 rings (SSSR count). The van der Waals surface area contributed by atoms with Gasteiger partial charge in [-0.15, -0.1) is 0 Å². The van der Waals surface area contributed by atoms with E-state index in [0.29, 0.717) is 18.3 Å². The minimum atomic E-state index is -0.866. The number of hydrogen-bond donors (Lipinski definition) is 1. The molecule has 0 aromatic carbocycles. The Bertz CT molecular complexity index is 1070. The smallest absolute Gasteiger partial charge is 0.305 e. The van der Waals surface area contributed by atoms with Gasteiger partial charge in [0.05, 0.1) is 6.26 Å². The number of rotatable bonds is 17. The maximum absolute atomic E-state index is 12.6. The van der Waals surface area contributed by atoms with Gasteiger partial charge >= 0.3 is 5.97 Å². The highest BCUT2D eigenvalue weighted by atomic mass is 16.5. The van der Waals surface area contributed by atoms with Gasteiger partial charge in [-0.25, -0.2) is 0 Å². The van der Waals surface area contributed by atoms with Crippen molar-refractivity contribution in [2.45, 2.75) is 154 Å². The molecule has 6 atom stereocenters. The lowest BCUT2D eigenvalue weighted by Gasteiger charge is -2.58.